The molecule has 0 radical (unpaired) electrons. The number of hydrogen-bond donors (Lipinski definition) is 1. The minimum atomic E-state index is -0.567. The molecule has 8 nitrogen and oxygen atoms in total. The average molecular weight is 472 g/mol. The normalized spacial score (nSPS) is 10.8. The maximum atomic E-state index is 13.7. The lowest BCUT2D eigenvalue weighted by atomic mass is 10.1. The van der Waals surface area contributed by atoms with Crippen molar-refractivity contribution >= 4 is 51.6 Å². The van der Waals surface area contributed by atoms with Gasteiger partial charge in [0.25, 0.3) is 5.69 Å². The number of benzene rings is 2. The topological polar surface area (TPSA) is 111 Å². The van der Waals surface area contributed by atoms with Crippen molar-refractivity contribution in [3.05, 3.63) is 75.7 Å². The van der Waals surface area contributed by atoms with Gasteiger partial charge in [-0.3, -0.25) is 20.2 Å². The summed E-state index contributed by atoms with van der Waals surface area (Å²) >= 11 is 11.9. The predicted molar refractivity (Wildman–Crippen MR) is 119 cm³/mol. The zero-order valence-electron chi connectivity index (χ0n) is 16.1. The number of nitrogens with zero attached hydrogens (tertiary/aromatic N) is 4. The molecule has 0 bridgehead atoms. The fraction of sp³-hybridized carbons (Fsp3) is 0.0476. The van der Waals surface area contributed by atoms with Crippen LogP contribution in [-0.2, 0) is 4.79 Å². The van der Waals surface area contributed by atoms with Crippen LogP contribution in [0.25, 0.3) is 33.4 Å². The van der Waals surface area contributed by atoms with Gasteiger partial charge in [0.05, 0.1) is 27.4 Å². The van der Waals surface area contributed by atoms with E-state index in [0.29, 0.717) is 16.5 Å². The van der Waals surface area contributed by atoms with E-state index in [1.807, 2.05) is 0 Å². The number of anilines is 1. The number of hydrogen-bond acceptors (Lipinski definition) is 6. The molecule has 1 N–H and O–H groups in total. The number of fused-ring (bicyclic) bond motifs is 1. The SMILES string of the molecule is O=C(CCl)Nc1nc(-c2ccccc2[N+](=O)[O-])cc(-c2cc3cc(F)ccc3nc2Cl)n1. The number of aromatic nitrogens is 3. The van der Waals surface area contributed by atoms with Gasteiger partial charge in [0.1, 0.15) is 16.9 Å². The lowest BCUT2D eigenvalue weighted by Crippen LogP contribution is -2.15. The molecule has 0 spiro atoms. The number of amides is 1. The van der Waals surface area contributed by atoms with E-state index >= 15 is 0 Å². The van der Waals surface area contributed by atoms with Crippen molar-refractivity contribution in [2.45, 2.75) is 0 Å². The highest BCUT2D eigenvalue weighted by molar-refractivity contribution is 6.32. The summed E-state index contributed by atoms with van der Waals surface area (Å²) in [5.41, 5.74) is 1.22. The number of carbonyl (C=O) groups is 1. The van der Waals surface area contributed by atoms with Gasteiger partial charge in [-0.05, 0) is 36.4 Å². The zero-order chi connectivity index (χ0) is 22.8. The number of nitrogens with one attached hydrogen (secondary N) is 1. The fourth-order valence-electron chi connectivity index (χ4n) is 3.09. The van der Waals surface area contributed by atoms with E-state index in [1.165, 1.54) is 42.5 Å². The minimum absolute atomic E-state index is 0.0749. The van der Waals surface area contributed by atoms with Crippen LogP contribution < -0.4 is 5.32 Å². The highest BCUT2D eigenvalue weighted by atomic mass is 35.5. The van der Waals surface area contributed by atoms with Crippen molar-refractivity contribution in [2.75, 3.05) is 11.2 Å². The van der Waals surface area contributed by atoms with E-state index in [0.717, 1.165) is 0 Å². The Balaban J connectivity index is 1.95. The third kappa shape index (κ3) is 4.34. The Hall–Kier alpha value is -3.69. The second-order valence-corrected chi connectivity index (χ2v) is 7.21. The molecule has 160 valence electrons. The Bertz CT molecular complexity index is 1380. The van der Waals surface area contributed by atoms with Crippen LogP contribution in [0.5, 0.6) is 0 Å². The lowest BCUT2D eigenvalue weighted by molar-refractivity contribution is -0.384. The zero-order valence-corrected chi connectivity index (χ0v) is 17.6. The van der Waals surface area contributed by atoms with Crippen LogP contribution in [0.15, 0.2) is 54.6 Å². The highest BCUT2D eigenvalue weighted by Crippen LogP contribution is 2.34. The molecular weight excluding hydrogens is 460 g/mol. The summed E-state index contributed by atoms with van der Waals surface area (Å²) in [5, 5.41) is 14.5. The molecule has 0 unspecified atom stereocenters. The van der Waals surface area contributed by atoms with Crippen LogP contribution >= 0.6 is 23.2 Å². The highest BCUT2D eigenvalue weighted by Gasteiger charge is 2.20. The van der Waals surface area contributed by atoms with Crippen LogP contribution in [-0.4, -0.2) is 31.7 Å². The first-order valence-corrected chi connectivity index (χ1v) is 10.0. The maximum Gasteiger partial charge on any atom is 0.278 e. The second-order valence-electron chi connectivity index (χ2n) is 6.58. The van der Waals surface area contributed by atoms with Gasteiger partial charge in [0.2, 0.25) is 11.9 Å². The second kappa shape index (κ2) is 8.81. The lowest BCUT2D eigenvalue weighted by Gasteiger charge is -2.11. The van der Waals surface area contributed by atoms with Crippen LogP contribution in [0, 0.1) is 15.9 Å². The number of halogens is 3. The van der Waals surface area contributed by atoms with Crippen molar-refractivity contribution in [3.63, 3.8) is 0 Å². The number of pyridine rings is 1. The van der Waals surface area contributed by atoms with Crippen molar-refractivity contribution in [2.24, 2.45) is 0 Å². The number of rotatable bonds is 5. The van der Waals surface area contributed by atoms with Crippen LogP contribution in [0.2, 0.25) is 5.15 Å². The fourth-order valence-corrected chi connectivity index (χ4v) is 3.40. The molecule has 0 aliphatic heterocycles. The monoisotopic (exact) mass is 471 g/mol. The molecule has 32 heavy (non-hydrogen) atoms. The van der Waals surface area contributed by atoms with Crippen molar-refractivity contribution in [3.8, 4) is 22.5 Å². The van der Waals surface area contributed by atoms with Crippen LogP contribution in [0.1, 0.15) is 0 Å². The largest absolute Gasteiger partial charge is 0.293 e. The van der Waals surface area contributed by atoms with Gasteiger partial charge in [0.15, 0.2) is 0 Å². The first-order valence-electron chi connectivity index (χ1n) is 9.10. The standard InChI is InChI=1S/C21H12Cl2FN5O3/c22-10-19(30)28-21-26-16(13-3-1-2-4-18(13)29(31)32)9-17(27-21)14-8-11-7-12(24)5-6-15(11)25-20(14)23/h1-9H,10H2,(H,26,27,28,30). The van der Waals surface area contributed by atoms with Gasteiger partial charge < -0.3 is 0 Å². The molecule has 2 aromatic carbocycles. The molecule has 4 rings (SSSR count). The quantitative estimate of drug-likeness (QED) is 0.184. The van der Waals surface area contributed by atoms with Gasteiger partial charge in [-0.2, -0.15) is 0 Å². The van der Waals surface area contributed by atoms with E-state index in [-0.39, 0.29) is 39.6 Å². The van der Waals surface area contributed by atoms with Crippen molar-refractivity contribution in [1.82, 2.24) is 15.0 Å². The number of alkyl halides is 1. The third-order valence-corrected chi connectivity index (χ3v) is 5.01. The van der Waals surface area contributed by atoms with Gasteiger partial charge >= 0.3 is 0 Å². The Morgan fingerprint density at radius 1 is 1.03 bits per heavy atom. The molecule has 4 aromatic rings. The molecule has 1 amide bonds. The summed E-state index contributed by atoms with van der Waals surface area (Å²) in [6.07, 6.45) is 0. The van der Waals surface area contributed by atoms with Gasteiger partial charge in [-0.25, -0.2) is 19.3 Å². The van der Waals surface area contributed by atoms with E-state index in [1.54, 1.807) is 12.1 Å². The molecular formula is C21H12Cl2FN5O3. The first-order chi connectivity index (χ1) is 15.4. The van der Waals surface area contributed by atoms with Gasteiger partial charge in [-0.1, -0.05) is 23.7 Å². The summed E-state index contributed by atoms with van der Waals surface area (Å²) in [7, 11) is 0. The van der Waals surface area contributed by atoms with Crippen molar-refractivity contribution in [1.29, 1.82) is 0 Å². The smallest absolute Gasteiger partial charge is 0.278 e. The maximum absolute atomic E-state index is 13.7. The third-order valence-electron chi connectivity index (χ3n) is 4.48. The van der Waals surface area contributed by atoms with Crippen molar-refractivity contribution < 1.29 is 14.1 Å². The van der Waals surface area contributed by atoms with Crippen LogP contribution in [0.4, 0.5) is 16.0 Å². The van der Waals surface area contributed by atoms with E-state index in [4.69, 9.17) is 23.2 Å². The minimum Gasteiger partial charge on any atom is -0.293 e. The Kier molecular flexibility index (Phi) is 5.93. The molecule has 2 heterocycles. The first kappa shape index (κ1) is 21.5. The van der Waals surface area contributed by atoms with E-state index in [9.17, 15) is 19.3 Å². The molecule has 0 atom stereocenters. The van der Waals surface area contributed by atoms with Gasteiger partial charge in [0, 0.05) is 17.0 Å². The summed E-state index contributed by atoms with van der Waals surface area (Å²) in [5.74, 6) is -1.49. The summed E-state index contributed by atoms with van der Waals surface area (Å²) in [6.45, 7) is 0. The molecule has 0 saturated heterocycles. The Labute approximate surface area is 190 Å². The Morgan fingerprint density at radius 2 is 1.75 bits per heavy atom. The van der Waals surface area contributed by atoms with E-state index in [2.05, 4.69) is 20.3 Å². The number of carbonyl (C=O) groups excluding carboxylic acids is 1. The number of nitro benzene ring substituents is 1. The molecule has 0 fully saturated rings. The van der Waals surface area contributed by atoms with E-state index < -0.39 is 16.6 Å². The molecule has 0 aliphatic rings. The van der Waals surface area contributed by atoms with Gasteiger partial charge in [-0.15, -0.1) is 11.6 Å². The summed E-state index contributed by atoms with van der Waals surface area (Å²) in [6, 6.07) is 13.1. The molecule has 0 aliphatic carbocycles. The molecule has 0 saturated carbocycles. The molecule has 11 heteroatoms. The summed E-state index contributed by atoms with van der Waals surface area (Å²) in [4.78, 5) is 35.6. The number of para-hydroxylation sites is 1. The average Bonchev–Trinajstić information content (AvgIpc) is 2.78. The van der Waals surface area contributed by atoms with Crippen LogP contribution in [0.3, 0.4) is 0 Å². The molecule has 2 aromatic heterocycles. The number of nitro groups is 1. The Morgan fingerprint density at radius 3 is 2.47 bits per heavy atom. The summed E-state index contributed by atoms with van der Waals surface area (Å²) < 4.78 is 13.7. The predicted octanol–water partition coefficient (Wildman–Crippen LogP) is 5.24.